The monoisotopic (exact) mass is 548 g/mol. The summed E-state index contributed by atoms with van der Waals surface area (Å²) in [5.74, 6) is -4.40. The Morgan fingerprint density at radius 2 is 1.67 bits per heavy atom. The fourth-order valence-electron chi connectivity index (χ4n) is 2.80. The zero-order chi connectivity index (χ0) is 27.1. The number of nitrogens with one attached hydrogen (secondary N) is 2. The van der Waals surface area contributed by atoms with Gasteiger partial charge in [0.05, 0.1) is 9.73 Å². The highest BCUT2D eigenvalue weighted by atomic mass is 32.2. The van der Waals surface area contributed by atoms with Crippen molar-refractivity contribution in [2.45, 2.75) is 23.0 Å². The number of amides is 1. The Labute approximate surface area is 201 Å². The van der Waals surface area contributed by atoms with E-state index in [1.54, 1.807) is 0 Å². The number of ether oxygens (including phenoxy) is 1. The van der Waals surface area contributed by atoms with E-state index in [1.807, 2.05) is 0 Å². The molecule has 0 saturated heterocycles. The smallest absolute Gasteiger partial charge is 0.414 e. The number of sulfone groups is 1. The van der Waals surface area contributed by atoms with E-state index in [4.69, 9.17) is 9.52 Å². The van der Waals surface area contributed by atoms with Crippen molar-refractivity contribution in [2.24, 2.45) is 0 Å². The van der Waals surface area contributed by atoms with Gasteiger partial charge in [-0.2, -0.15) is 13.2 Å². The minimum Gasteiger partial charge on any atom is -0.414 e. The summed E-state index contributed by atoms with van der Waals surface area (Å²) >= 11 is 0. The third-order valence-electron chi connectivity index (χ3n) is 4.49. The van der Waals surface area contributed by atoms with E-state index in [0.717, 1.165) is 19.4 Å². The molecule has 192 valence electrons. The fraction of sp³-hybridized carbons (Fsp3) is 0.211. The molecule has 0 fully saturated rings. The zero-order valence-electron chi connectivity index (χ0n) is 18.5. The van der Waals surface area contributed by atoms with Crippen molar-refractivity contribution in [2.75, 3.05) is 17.8 Å². The Morgan fingerprint density at radius 1 is 1.03 bits per heavy atom. The Bertz CT molecular complexity index is 1580. The molecule has 3 aromatic rings. The van der Waals surface area contributed by atoms with Gasteiger partial charge in [-0.05, 0) is 30.7 Å². The molecule has 0 bridgehead atoms. The SMILES string of the molecule is Cc1c(C(F)(F)F)nnc(Oc2nnc(S(C)(=O)=O)cc2F)c1C(=O)Nc1cccc(S(C)(=N)=O)c1. The van der Waals surface area contributed by atoms with Gasteiger partial charge >= 0.3 is 6.18 Å². The van der Waals surface area contributed by atoms with E-state index in [-0.39, 0.29) is 10.6 Å². The minimum absolute atomic E-state index is 0.0153. The molecule has 1 amide bonds. The molecule has 36 heavy (non-hydrogen) atoms. The van der Waals surface area contributed by atoms with Crippen molar-refractivity contribution in [3.8, 4) is 11.8 Å². The number of benzene rings is 1. The number of alkyl halides is 3. The van der Waals surface area contributed by atoms with E-state index in [2.05, 4.69) is 25.7 Å². The quantitative estimate of drug-likeness (QED) is 0.440. The first-order chi connectivity index (χ1) is 16.5. The Balaban J connectivity index is 2.09. The molecule has 0 radical (unpaired) electrons. The van der Waals surface area contributed by atoms with Crippen LogP contribution < -0.4 is 10.1 Å². The molecular formula is C19H16F4N6O5S2. The summed E-state index contributed by atoms with van der Waals surface area (Å²) in [7, 11) is -7.11. The van der Waals surface area contributed by atoms with Crippen LogP contribution in [-0.2, 0) is 25.7 Å². The molecule has 0 aliphatic carbocycles. The van der Waals surface area contributed by atoms with Crippen LogP contribution in [0.5, 0.6) is 11.8 Å². The van der Waals surface area contributed by atoms with Gasteiger partial charge in [0.25, 0.3) is 17.7 Å². The summed E-state index contributed by atoms with van der Waals surface area (Å²) in [6.07, 6.45) is -3.13. The normalized spacial score (nSPS) is 13.6. The highest BCUT2D eigenvalue weighted by Crippen LogP contribution is 2.35. The van der Waals surface area contributed by atoms with Crippen LogP contribution in [0.1, 0.15) is 21.6 Å². The molecule has 0 spiro atoms. The number of rotatable bonds is 6. The van der Waals surface area contributed by atoms with Crippen LogP contribution in [0.15, 0.2) is 40.3 Å². The standard InChI is InChI=1S/C19H16F4N6O5S2/c1-9-14(16(30)25-10-5-4-6-11(7-10)35(2,24)31)18(29-27-15(9)19(21,22)23)34-17-12(20)8-13(26-28-17)36(3,32)33/h4-8,24H,1-3H3,(H,25,30). The van der Waals surface area contributed by atoms with Gasteiger partial charge in [-0.3, -0.25) is 4.79 Å². The van der Waals surface area contributed by atoms with Gasteiger partial charge in [0.15, 0.2) is 26.4 Å². The van der Waals surface area contributed by atoms with Gasteiger partial charge in [-0.1, -0.05) is 6.07 Å². The lowest BCUT2D eigenvalue weighted by Crippen LogP contribution is -2.21. The molecule has 1 aromatic carbocycles. The van der Waals surface area contributed by atoms with Crippen LogP contribution in [0.4, 0.5) is 23.2 Å². The van der Waals surface area contributed by atoms with Crippen LogP contribution in [0, 0.1) is 17.5 Å². The van der Waals surface area contributed by atoms with Crippen LogP contribution in [0.2, 0.25) is 0 Å². The second kappa shape index (κ2) is 9.38. The first-order valence-corrected chi connectivity index (χ1v) is 13.3. The van der Waals surface area contributed by atoms with Gasteiger partial charge in [0, 0.05) is 29.2 Å². The molecule has 17 heteroatoms. The van der Waals surface area contributed by atoms with Gasteiger partial charge in [0.2, 0.25) is 0 Å². The Hall–Kier alpha value is -3.73. The molecule has 1 atom stereocenters. The third kappa shape index (κ3) is 5.91. The first kappa shape index (κ1) is 26.9. The zero-order valence-corrected chi connectivity index (χ0v) is 20.2. The number of aromatic nitrogens is 4. The van der Waals surface area contributed by atoms with E-state index in [1.165, 1.54) is 24.3 Å². The number of hydrogen-bond donors (Lipinski definition) is 2. The van der Waals surface area contributed by atoms with E-state index in [0.29, 0.717) is 6.07 Å². The van der Waals surface area contributed by atoms with Crippen LogP contribution >= 0.6 is 0 Å². The maximum atomic E-state index is 14.4. The van der Waals surface area contributed by atoms with Crippen LogP contribution in [-0.4, -0.2) is 51.4 Å². The van der Waals surface area contributed by atoms with E-state index < -0.39 is 71.1 Å². The number of carbonyl (C=O) groups excluding carboxylic acids is 1. The van der Waals surface area contributed by atoms with Gasteiger partial charge in [0.1, 0.15) is 5.56 Å². The predicted molar refractivity (Wildman–Crippen MR) is 116 cm³/mol. The lowest BCUT2D eigenvalue weighted by Gasteiger charge is -2.16. The molecule has 11 nitrogen and oxygen atoms in total. The van der Waals surface area contributed by atoms with Gasteiger partial charge < -0.3 is 10.1 Å². The number of nitrogens with zero attached hydrogens (tertiary/aromatic N) is 4. The number of carbonyl (C=O) groups is 1. The molecule has 0 saturated carbocycles. The van der Waals surface area contributed by atoms with Crippen LogP contribution in [0.3, 0.4) is 0 Å². The number of anilines is 1. The topological polar surface area (TPSA) is 165 Å². The predicted octanol–water partition coefficient (Wildman–Crippen LogP) is 3.22. The average Bonchev–Trinajstić information content (AvgIpc) is 2.73. The number of hydrogen-bond acceptors (Lipinski definition) is 10. The molecule has 2 heterocycles. The van der Waals surface area contributed by atoms with E-state index >= 15 is 0 Å². The minimum atomic E-state index is -5.01. The molecule has 3 rings (SSSR count). The Kier molecular flexibility index (Phi) is 7.00. The second-order valence-electron chi connectivity index (χ2n) is 7.39. The summed E-state index contributed by atoms with van der Waals surface area (Å²) < 4.78 is 102. The lowest BCUT2D eigenvalue weighted by molar-refractivity contribution is -0.142. The summed E-state index contributed by atoms with van der Waals surface area (Å²) in [5.41, 5.74) is -3.05. The molecule has 2 aromatic heterocycles. The fourth-order valence-corrected chi connectivity index (χ4v) is 4.00. The van der Waals surface area contributed by atoms with Gasteiger partial charge in [-0.15, -0.1) is 20.4 Å². The van der Waals surface area contributed by atoms with Crippen molar-refractivity contribution in [1.29, 1.82) is 4.78 Å². The van der Waals surface area contributed by atoms with Crippen LogP contribution in [0.25, 0.3) is 0 Å². The lowest BCUT2D eigenvalue weighted by atomic mass is 10.1. The number of halogens is 4. The van der Waals surface area contributed by atoms with Crippen molar-refractivity contribution in [3.63, 3.8) is 0 Å². The largest absolute Gasteiger partial charge is 0.435 e. The highest BCUT2D eigenvalue weighted by molar-refractivity contribution is 7.91. The molecule has 0 aliphatic rings. The summed E-state index contributed by atoms with van der Waals surface area (Å²) in [6.45, 7) is 0.910. The van der Waals surface area contributed by atoms with Gasteiger partial charge in [-0.25, -0.2) is 21.8 Å². The highest BCUT2D eigenvalue weighted by Gasteiger charge is 2.38. The molecule has 1 unspecified atom stereocenters. The summed E-state index contributed by atoms with van der Waals surface area (Å²) in [5, 5.41) is 14.4. The Morgan fingerprint density at radius 3 is 2.22 bits per heavy atom. The van der Waals surface area contributed by atoms with Crippen molar-refractivity contribution in [1.82, 2.24) is 20.4 Å². The summed E-state index contributed by atoms with van der Waals surface area (Å²) in [4.78, 5) is 13.0. The second-order valence-corrected chi connectivity index (χ2v) is 11.5. The van der Waals surface area contributed by atoms with Crippen molar-refractivity contribution in [3.05, 3.63) is 53.0 Å². The average molecular weight is 549 g/mol. The maximum Gasteiger partial charge on any atom is 0.435 e. The third-order valence-corrected chi connectivity index (χ3v) is 6.60. The summed E-state index contributed by atoms with van der Waals surface area (Å²) in [6, 6.07) is 5.72. The van der Waals surface area contributed by atoms with Crippen molar-refractivity contribution < 1.29 is 39.7 Å². The van der Waals surface area contributed by atoms with Crippen molar-refractivity contribution >= 4 is 31.2 Å². The maximum absolute atomic E-state index is 14.4. The van der Waals surface area contributed by atoms with E-state index in [9.17, 15) is 35.0 Å². The first-order valence-electron chi connectivity index (χ1n) is 9.49. The molecular weight excluding hydrogens is 532 g/mol. The molecule has 0 aliphatic heterocycles. The molecule has 2 N–H and O–H groups in total.